The van der Waals surface area contributed by atoms with Gasteiger partial charge in [0.2, 0.25) is 0 Å². The Labute approximate surface area is 272 Å². The van der Waals surface area contributed by atoms with Crippen LogP contribution in [0.3, 0.4) is 0 Å². The van der Waals surface area contributed by atoms with E-state index in [2.05, 4.69) is 13.8 Å². The van der Waals surface area contributed by atoms with Gasteiger partial charge in [0.25, 0.3) is 0 Å². The molecule has 0 bridgehead atoms. The van der Waals surface area contributed by atoms with Gasteiger partial charge in [0.1, 0.15) is 17.4 Å². The molecule has 1 rings (SSSR count). The van der Waals surface area contributed by atoms with Crippen molar-refractivity contribution in [2.75, 3.05) is 6.61 Å². The van der Waals surface area contributed by atoms with Crippen molar-refractivity contribution in [2.24, 2.45) is 5.41 Å². The first-order chi connectivity index (χ1) is 21.2. The number of carbonyl (C=O) groups excluding carboxylic acids is 2. The van der Waals surface area contributed by atoms with Crippen molar-refractivity contribution in [2.45, 2.75) is 189 Å². The van der Waals surface area contributed by atoms with Gasteiger partial charge in [-0.2, -0.15) is 0 Å². The third-order valence-corrected chi connectivity index (χ3v) is 8.08. The van der Waals surface area contributed by atoms with E-state index in [1.54, 1.807) is 18.2 Å². The minimum absolute atomic E-state index is 0.0144. The minimum atomic E-state index is -0.422. The number of unbranched alkanes of at least 4 members (excludes halogenated alkanes) is 18. The van der Waals surface area contributed by atoms with E-state index >= 15 is 0 Å². The molecule has 1 aromatic carbocycles. The van der Waals surface area contributed by atoms with Crippen molar-refractivity contribution in [1.82, 2.24) is 0 Å². The Hall–Kier alpha value is -2.04. The summed E-state index contributed by atoms with van der Waals surface area (Å²) >= 11 is 0. The Morgan fingerprint density at radius 1 is 0.659 bits per heavy atom. The lowest BCUT2D eigenvalue weighted by molar-refractivity contribution is -0.153. The van der Waals surface area contributed by atoms with Crippen LogP contribution in [0.15, 0.2) is 24.3 Å². The van der Waals surface area contributed by atoms with Crippen molar-refractivity contribution in [3.63, 3.8) is 0 Å². The second kappa shape index (κ2) is 28.4. The summed E-state index contributed by atoms with van der Waals surface area (Å²) in [6, 6.07) is 6.54. The molecule has 0 aromatic heterocycles. The average Bonchev–Trinajstić information content (AvgIpc) is 3.00. The number of phenolic OH excluding ortho intramolecular Hbond substituents is 1. The molecule has 0 saturated carbocycles. The molecule has 1 N–H and O–H groups in total. The highest BCUT2D eigenvalue weighted by Gasteiger charge is 2.22. The SMILES string of the molecule is CCCCCCCCCCC(CC)OC(=O)c1ccccc1O.CCCCCCCCCCCCCCOC(=O)C(C)(C)C. The predicted molar refractivity (Wildman–Crippen MR) is 186 cm³/mol. The topological polar surface area (TPSA) is 72.8 Å². The van der Waals surface area contributed by atoms with E-state index in [4.69, 9.17) is 9.47 Å². The van der Waals surface area contributed by atoms with Gasteiger partial charge in [0.05, 0.1) is 12.0 Å². The molecular weight excluding hydrogens is 548 g/mol. The van der Waals surface area contributed by atoms with E-state index in [1.807, 2.05) is 27.7 Å². The van der Waals surface area contributed by atoms with Crippen LogP contribution in [0, 0.1) is 5.41 Å². The van der Waals surface area contributed by atoms with Crippen LogP contribution in [0.25, 0.3) is 0 Å². The molecule has 44 heavy (non-hydrogen) atoms. The largest absolute Gasteiger partial charge is 0.507 e. The maximum Gasteiger partial charge on any atom is 0.342 e. The van der Waals surface area contributed by atoms with Gasteiger partial charge in [-0.3, -0.25) is 4.79 Å². The number of aromatic hydroxyl groups is 1. The highest BCUT2D eigenvalue weighted by Crippen LogP contribution is 2.20. The summed E-state index contributed by atoms with van der Waals surface area (Å²) in [5, 5.41) is 9.70. The molecule has 256 valence electrons. The number of ether oxygens (including phenoxy) is 2. The number of phenols is 1. The summed E-state index contributed by atoms with van der Waals surface area (Å²) in [5.41, 5.74) is -0.112. The van der Waals surface area contributed by atoms with Gasteiger partial charge >= 0.3 is 11.9 Å². The van der Waals surface area contributed by atoms with Crippen LogP contribution in [-0.4, -0.2) is 29.8 Å². The summed E-state index contributed by atoms with van der Waals surface area (Å²) in [4.78, 5) is 23.6. The molecule has 1 unspecified atom stereocenters. The number of benzene rings is 1. The summed E-state index contributed by atoms with van der Waals surface area (Å²) in [7, 11) is 0. The van der Waals surface area contributed by atoms with E-state index in [9.17, 15) is 14.7 Å². The normalized spacial score (nSPS) is 11.9. The van der Waals surface area contributed by atoms with E-state index in [-0.39, 0.29) is 28.8 Å². The Morgan fingerprint density at radius 2 is 1.09 bits per heavy atom. The maximum absolute atomic E-state index is 12.1. The number of carbonyl (C=O) groups is 2. The molecule has 0 saturated heterocycles. The van der Waals surface area contributed by atoms with Crippen LogP contribution in [0.1, 0.15) is 193 Å². The lowest BCUT2D eigenvalue weighted by Gasteiger charge is -2.16. The molecule has 1 atom stereocenters. The highest BCUT2D eigenvalue weighted by molar-refractivity contribution is 5.92. The van der Waals surface area contributed by atoms with Crippen LogP contribution in [0.5, 0.6) is 5.75 Å². The lowest BCUT2D eigenvalue weighted by atomic mass is 9.97. The first-order valence-electron chi connectivity index (χ1n) is 18.3. The highest BCUT2D eigenvalue weighted by atomic mass is 16.5. The van der Waals surface area contributed by atoms with Gasteiger partial charge in [0, 0.05) is 0 Å². The van der Waals surface area contributed by atoms with Gasteiger partial charge in [-0.1, -0.05) is 148 Å². The van der Waals surface area contributed by atoms with Crippen LogP contribution < -0.4 is 0 Å². The second-order valence-electron chi connectivity index (χ2n) is 13.5. The summed E-state index contributed by atoms with van der Waals surface area (Å²) in [6.07, 6.45) is 27.9. The smallest absolute Gasteiger partial charge is 0.342 e. The van der Waals surface area contributed by atoms with Crippen molar-refractivity contribution in [3.8, 4) is 5.75 Å². The van der Waals surface area contributed by atoms with E-state index in [1.165, 1.54) is 122 Å². The number of rotatable bonds is 25. The lowest BCUT2D eigenvalue weighted by Crippen LogP contribution is -2.23. The first-order valence-corrected chi connectivity index (χ1v) is 18.3. The quantitative estimate of drug-likeness (QED) is 0.0871. The molecule has 1 aromatic rings. The fourth-order valence-corrected chi connectivity index (χ4v) is 5.04. The summed E-state index contributed by atoms with van der Waals surface area (Å²) in [5.74, 6) is -0.514. The molecule has 0 aliphatic rings. The molecule has 0 aliphatic carbocycles. The first kappa shape index (κ1) is 42.0. The van der Waals surface area contributed by atoms with Crippen LogP contribution in [-0.2, 0) is 14.3 Å². The molecule has 0 aliphatic heterocycles. The number of para-hydroxylation sites is 1. The molecule has 0 radical (unpaired) electrons. The third kappa shape index (κ3) is 24.3. The number of esters is 2. The number of hydrogen-bond acceptors (Lipinski definition) is 5. The molecule has 0 heterocycles. The van der Waals surface area contributed by atoms with Crippen molar-refractivity contribution in [3.05, 3.63) is 29.8 Å². The monoisotopic (exact) mass is 619 g/mol. The van der Waals surface area contributed by atoms with Gasteiger partial charge in [0.15, 0.2) is 0 Å². The fraction of sp³-hybridized carbons (Fsp3) is 0.795. The molecule has 0 fully saturated rings. The van der Waals surface area contributed by atoms with Crippen LogP contribution in [0.2, 0.25) is 0 Å². The van der Waals surface area contributed by atoms with Crippen LogP contribution >= 0.6 is 0 Å². The summed E-state index contributed by atoms with van der Waals surface area (Å²) < 4.78 is 10.8. The van der Waals surface area contributed by atoms with E-state index in [0.717, 1.165) is 25.7 Å². The standard InChI is InChI=1S/C20H32O3.C19H38O2/c1-3-5-6-7-8-9-10-11-14-17(4-2)23-20(22)18-15-12-13-16-19(18)21;1-5-6-7-8-9-10-11-12-13-14-15-16-17-21-18(20)19(2,3)4/h12-13,15-17,21H,3-11,14H2,1-2H3;5-17H2,1-4H3. The zero-order valence-corrected chi connectivity index (χ0v) is 29.7. The second-order valence-corrected chi connectivity index (χ2v) is 13.5. The van der Waals surface area contributed by atoms with Gasteiger partial charge in [-0.25, -0.2) is 4.79 Å². The molecular formula is C39H70O5. The molecule has 0 amide bonds. The molecule has 5 heteroatoms. The Kier molecular flexibility index (Phi) is 27.1. The molecule has 0 spiro atoms. The van der Waals surface area contributed by atoms with Gasteiger partial charge in [-0.05, 0) is 58.6 Å². The Bertz CT molecular complexity index is 813. The number of hydrogen-bond donors (Lipinski definition) is 1. The van der Waals surface area contributed by atoms with E-state index < -0.39 is 5.97 Å². The fourth-order valence-electron chi connectivity index (χ4n) is 5.04. The zero-order valence-electron chi connectivity index (χ0n) is 29.7. The Morgan fingerprint density at radius 3 is 1.52 bits per heavy atom. The van der Waals surface area contributed by atoms with Crippen molar-refractivity contribution in [1.29, 1.82) is 0 Å². The molecule has 5 nitrogen and oxygen atoms in total. The van der Waals surface area contributed by atoms with Crippen molar-refractivity contribution < 1.29 is 24.2 Å². The Balaban J connectivity index is 0.000000845. The van der Waals surface area contributed by atoms with Crippen LogP contribution in [0.4, 0.5) is 0 Å². The third-order valence-electron chi connectivity index (χ3n) is 8.08. The average molecular weight is 619 g/mol. The van der Waals surface area contributed by atoms with E-state index in [0.29, 0.717) is 6.61 Å². The predicted octanol–water partition coefficient (Wildman–Crippen LogP) is 12.1. The maximum atomic E-state index is 12.1. The zero-order chi connectivity index (χ0) is 32.9. The van der Waals surface area contributed by atoms with Gasteiger partial charge in [-0.15, -0.1) is 0 Å². The van der Waals surface area contributed by atoms with Crippen molar-refractivity contribution >= 4 is 11.9 Å². The summed E-state index contributed by atoms with van der Waals surface area (Å²) in [6.45, 7) is 12.8. The minimum Gasteiger partial charge on any atom is -0.507 e. The van der Waals surface area contributed by atoms with Gasteiger partial charge < -0.3 is 14.6 Å².